The summed E-state index contributed by atoms with van der Waals surface area (Å²) in [5.74, 6) is 0.756. The van der Waals surface area contributed by atoms with E-state index in [4.69, 9.17) is 4.74 Å². The van der Waals surface area contributed by atoms with E-state index in [9.17, 15) is 10.0 Å². The first kappa shape index (κ1) is 15.4. The lowest BCUT2D eigenvalue weighted by Gasteiger charge is -2.28. The number of hydrogen-bond acceptors (Lipinski definition) is 4. The lowest BCUT2D eigenvalue weighted by molar-refractivity contribution is 0.205. The number of rotatable bonds is 4. The van der Waals surface area contributed by atoms with E-state index in [1.165, 1.54) is 25.7 Å². The van der Waals surface area contributed by atoms with Gasteiger partial charge in [0.25, 0.3) is 0 Å². The van der Waals surface area contributed by atoms with Crippen molar-refractivity contribution >= 4 is 12.6 Å². The van der Waals surface area contributed by atoms with Crippen molar-refractivity contribution in [1.82, 2.24) is 4.90 Å². The summed E-state index contributed by atoms with van der Waals surface area (Å²) in [5, 5.41) is 19.0. The second-order valence-electron chi connectivity index (χ2n) is 5.61. The molecule has 1 fully saturated rings. The topological polar surface area (TPSA) is 52.9 Å². The van der Waals surface area contributed by atoms with E-state index in [1.807, 2.05) is 6.07 Å². The zero-order chi connectivity index (χ0) is 14.5. The molecule has 0 aliphatic carbocycles. The maximum atomic E-state index is 9.52. The Balaban J connectivity index is 2.21. The lowest BCUT2D eigenvalue weighted by atomic mass is 9.76. The Morgan fingerprint density at radius 3 is 2.80 bits per heavy atom. The molecule has 1 aliphatic rings. The van der Waals surface area contributed by atoms with Crippen molar-refractivity contribution in [2.45, 2.75) is 45.2 Å². The average Bonchev–Trinajstić information content (AvgIpc) is 2.64. The van der Waals surface area contributed by atoms with Gasteiger partial charge in [-0.3, -0.25) is 4.90 Å². The molecule has 1 saturated heterocycles. The van der Waals surface area contributed by atoms with Crippen LogP contribution in [0.25, 0.3) is 0 Å². The van der Waals surface area contributed by atoms with Crippen molar-refractivity contribution in [2.24, 2.45) is 0 Å². The van der Waals surface area contributed by atoms with E-state index >= 15 is 0 Å². The summed E-state index contributed by atoms with van der Waals surface area (Å²) in [6.45, 7) is 4.06. The molecule has 110 valence electrons. The molecule has 1 aromatic carbocycles. The van der Waals surface area contributed by atoms with Crippen LogP contribution in [-0.2, 0) is 6.54 Å². The van der Waals surface area contributed by atoms with Crippen LogP contribution < -0.4 is 10.2 Å². The molecule has 1 unspecified atom stereocenters. The highest BCUT2D eigenvalue weighted by Gasteiger charge is 2.22. The number of nitrogens with zero attached hydrogens (tertiary/aromatic N) is 1. The van der Waals surface area contributed by atoms with Crippen LogP contribution in [0.1, 0.15) is 38.2 Å². The molecule has 2 N–H and O–H groups in total. The number of methoxy groups -OCH3 is 1. The zero-order valence-corrected chi connectivity index (χ0v) is 12.4. The van der Waals surface area contributed by atoms with Gasteiger partial charge < -0.3 is 14.8 Å². The van der Waals surface area contributed by atoms with E-state index in [0.29, 0.717) is 11.5 Å². The molecule has 1 heterocycles. The smallest absolute Gasteiger partial charge is 0.488 e. The third kappa shape index (κ3) is 3.75. The van der Waals surface area contributed by atoms with Crippen LogP contribution >= 0.6 is 0 Å². The molecular formula is C15H24BNO3. The molecule has 20 heavy (non-hydrogen) atoms. The first-order valence-corrected chi connectivity index (χ1v) is 7.39. The molecule has 0 spiro atoms. The zero-order valence-electron chi connectivity index (χ0n) is 12.4. The molecule has 0 amide bonds. The quantitative estimate of drug-likeness (QED) is 0.810. The number of hydrogen-bond donors (Lipinski definition) is 2. The van der Waals surface area contributed by atoms with Crippen LogP contribution in [0.4, 0.5) is 0 Å². The molecule has 4 nitrogen and oxygen atoms in total. The van der Waals surface area contributed by atoms with E-state index in [2.05, 4.69) is 11.8 Å². The molecule has 0 saturated carbocycles. The summed E-state index contributed by atoms with van der Waals surface area (Å²) in [5.41, 5.74) is 1.51. The summed E-state index contributed by atoms with van der Waals surface area (Å²) < 4.78 is 5.25. The van der Waals surface area contributed by atoms with Crippen LogP contribution in [0.2, 0.25) is 0 Å². The minimum atomic E-state index is -1.43. The van der Waals surface area contributed by atoms with E-state index in [0.717, 1.165) is 24.4 Å². The Morgan fingerprint density at radius 2 is 2.10 bits per heavy atom. The number of benzene rings is 1. The Hall–Kier alpha value is -1.04. The normalized spacial score (nSPS) is 20.5. The van der Waals surface area contributed by atoms with Crippen LogP contribution in [0.15, 0.2) is 18.2 Å². The summed E-state index contributed by atoms with van der Waals surface area (Å²) >= 11 is 0. The monoisotopic (exact) mass is 277 g/mol. The third-order valence-electron chi connectivity index (χ3n) is 4.19. The largest absolute Gasteiger partial charge is 0.497 e. The van der Waals surface area contributed by atoms with Crippen LogP contribution in [-0.4, -0.2) is 41.8 Å². The van der Waals surface area contributed by atoms with Crippen molar-refractivity contribution in [2.75, 3.05) is 13.7 Å². The van der Waals surface area contributed by atoms with Gasteiger partial charge in [-0.05, 0) is 49.5 Å². The van der Waals surface area contributed by atoms with Crippen molar-refractivity contribution < 1.29 is 14.8 Å². The fraction of sp³-hybridized carbons (Fsp3) is 0.600. The Labute approximate surface area is 121 Å². The molecule has 2 rings (SSSR count). The van der Waals surface area contributed by atoms with Crippen molar-refractivity contribution in [3.63, 3.8) is 0 Å². The predicted octanol–water partition coefficient (Wildman–Crippen LogP) is 1.14. The molecule has 0 radical (unpaired) electrons. The standard InChI is InChI=1S/C15H24BNO3/c1-12-6-4-3-5-9-17(12)11-13-10-14(20-2)7-8-15(13)16(18)19/h7-8,10,12,18-19H,3-6,9,11H2,1-2H3. The van der Waals surface area contributed by atoms with Gasteiger partial charge in [-0.25, -0.2) is 0 Å². The van der Waals surface area contributed by atoms with Gasteiger partial charge in [-0.15, -0.1) is 0 Å². The molecule has 0 aromatic heterocycles. The third-order valence-corrected chi connectivity index (χ3v) is 4.19. The highest BCUT2D eigenvalue weighted by atomic mass is 16.5. The van der Waals surface area contributed by atoms with Gasteiger partial charge in [-0.2, -0.15) is 0 Å². The van der Waals surface area contributed by atoms with E-state index in [-0.39, 0.29) is 0 Å². The summed E-state index contributed by atoms with van der Waals surface area (Å²) in [6.07, 6.45) is 4.99. The van der Waals surface area contributed by atoms with Crippen LogP contribution in [0.3, 0.4) is 0 Å². The number of likely N-dealkylation sites (tertiary alicyclic amines) is 1. The van der Waals surface area contributed by atoms with Gasteiger partial charge in [0.15, 0.2) is 0 Å². The summed E-state index contributed by atoms with van der Waals surface area (Å²) in [6, 6.07) is 5.95. The second kappa shape index (κ2) is 7.11. The van der Waals surface area contributed by atoms with Gasteiger partial charge in [-0.1, -0.05) is 18.9 Å². The Morgan fingerprint density at radius 1 is 1.30 bits per heavy atom. The molecule has 1 aliphatic heterocycles. The first-order valence-electron chi connectivity index (χ1n) is 7.39. The van der Waals surface area contributed by atoms with Crippen molar-refractivity contribution in [3.05, 3.63) is 23.8 Å². The predicted molar refractivity (Wildman–Crippen MR) is 81.2 cm³/mol. The fourth-order valence-corrected chi connectivity index (χ4v) is 2.89. The SMILES string of the molecule is COc1ccc(B(O)O)c(CN2CCCCCC2C)c1. The maximum Gasteiger partial charge on any atom is 0.488 e. The summed E-state index contributed by atoms with van der Waals surface area (Å²) in [4.78, 5) is 2.42. The molecular weight excluding hydrogens is 253 g/mol. The van der Waals surface area contributed by atoms with Gasteiger partial charge in [0.1, 0.15) is 5.75 Å². The molecule has 0 bridgehead atoms. The Bertz CT molecular complexity index is 439. The highest BCUT2D eigenvalue weighted by Crippen LogP contribution is 2.20. The highest BCUT2D eigenvalue weighted by molar-refractivity contribution is 6.59. The van der Waals surface area contributed by atoms with Crippen molar-refractivity contribution in [3.8, 4) is 5.75 Å². The van der Waals surface area contributed by atoms with Crippen LogP contribution in [0.5, 0.6) is 5.75 Å². The van der Waals surface area contributed by atoms with Gasteiger partial charge >= 0.3 is 7.12 Å². The van der Waals surface area contributed by atoms with E-state index in [1.54, 1.807) is 19.2 Å². The first-order chi connectivity index (χ1) is 9.61. The molecule has 1 atom stereocenters. The fourth-order valence-electron chi connectivity index (χ4n) is 2.89. The minimum absolute atomic E-state index is 0.535. The average molecular weight is 277 g/mol. The second-order valence-corrected chi connectivity index (χ2v) is 5.61. The molecule has 5 heteroatoms. The Kier molecular flexibility index (Phi) is 5.46. The van der Waals surface area contributed by atoms with Crippen LogP contribution in [0, 0.1) is 0 Å². The van der Waals surface area contributed by atoms with Gasteiger partial charge in [0, 0.05) is 12.6 Å². The number of ether oxygens (including phenoxy) is 1. The van der Waals surface area contributed by atoms with Gasteiger partial charge in [0.05, 0.1) is 7.11 Å². The van der Waals surface area contributed by atoms with E-state index < -0.39 is 7.12 Å². The van der Waals surface area contributed by atoms with Gasteiger partial charge in [0.2, 0.25) is 0 Å². The maximum absolute atomic E-state index is 9.52. The van der Waals surface area contributed by atoms with Crippen molar-refractivity contribution in [1.29, 1.82) is 0 Å². The minimum Gasteiger partial charge on any atom is -0.497 e. The molecule has 1 aromatic rings. The summed E-state index contributed by atoms with van der Waals surface area (Å²) in [7, 11) is 0.195. The lowest BCUT2D eigenvalue weighted by Crippen LogP contribution is -2.38.